The van der Waals surface area contributed by atoms with E-state index in [0.29, 0.717) is 5.69 Å². The molecule has 9 heteroatoms. The second kappa shape index (κ2) is 8.41. The third kappa shape index (κ3) is 3.93. The molecule has 0 saturated heterocycles. The van der Waals surface area contributed by atoms with Crippen molar-refractivity contribution in [1.82, 2.24) is 19.6 Å². The standard InChI is InChI=1S/C23H22F2N4O3/c1-27(2)21(30)15-32-20-11-7-6-10-18(20)23(24,25)22(31)28-13-16-12-26-29(19(16)14-28)17-8-4-3-5-9-17/h3-12H,13-15H2,1-2H3. The largest absolute Gasteiger partial charge is 0.483 e. The number of hydrogen-bond acceptors (Lipinski definition) is 4. The van der Waals surface area contributed by atoms with E-state index in [0.717, 1.165) is 22.2 Å². The second-order valence-electron chi connectivity index (χ2n) is 7.67. The van der Waals surface area contributed by atoms with Gasteiger partial charge in [-0.05, 0) is 24.3 Å². The number of amides is 2. The summed E-state index contributed by atoms with van der Waals surface area (Å²) in [5, 5.41) is 4.33. The summed E-state index contributed by atoms with van der Waals surface area (Å²) in [5.74, 6) is -5.74. The van der Waals surface area contributed by atoms with Crippen LogP contribution in [0.25, 0.3) is 5.69 Å². The van der Waals surface area contributed by atoms with Gasteiger partial charge in [-0.3, -0.25) is 9.59 Å². The molecule has 0 spiro atoms. The number of ether oxygens (including phenoxy) is 1. The molecule has 166 valence electrons. The Balaban J connectivity index is 1.55. The van der Waals surface area contributed by atoms with Crippen molar-refractivity contribution >= 4 is 11.8 Å². The zero-order valence-electron chi connectivity index (χ0n) is 17.7. The quantitative estimate of drug-likeness (QED) is 0.591. The zero-order valence-corrected chi connectivity index (χ0v) is 17.7. The average molecular weight is 440 g/mol. The number of carbonyl (C=O) groups is 2. The molecule has 0 atom stereocenters. The maximum absolute atomic E-state index is 15.3. The maximum Gasteiger partial charge on any atom is 0.353 e. The van der Waals surface area contributed by atoms with Crippen LogP contribution in [-0.4, -0.2) is 52.1 Å². The first-order valence-electron chi connectivity index (χ1n) is 10.00. The van der Waals surface area contributed by atoms with Crippen molar-refractivity contribution in [2.24, 2.45) is 0 Å². The predicted octanol–water partition coefficient (Wildman–Crippen LogP) is 2.97. The van der Waals surface area contributed by atoms with E-state index in [1.54, 1.807) is 10.9 Å². The van der Waals surface area contributed by atoms with E-state index in [1.807, 2.05) is 30.3 Å². The molecule has 2 heterocycles. The molecule has 2 aromatic carbocycles. The molecule has 1 aliphatic rings. The lowest BCUT2D eigenvalue weighted by atomic mass is 10.1. The Hall–Kier alpha value is -3.75. The van der Waals surface area contributed by atoms with Crippen LogP contribution in [0, 0.1) is 0 Å². The second-order valence-corrected chi connectivity index (χ2v) is 7.67. The highest BCUT2D eigenvalue weighted by atomic mass is 19.3. The van der Waals surface area contributed by atoms with Gasteiger partial charge in [0.25, 0.3) is 11.8 Å². The van der Waals surface area contributed by atoms with Crippen LogP contribution in [0.5, 0.6) is 5.75 Å². The van der Waals surface area contributed by atoms with Gasteiger partial charge in [0, 0.05) is 26.2 Å². The lowest BCUT2D eigenvalue weighted by molar-refractivity contribution is -0.160. The van der Waals surface area contributed by atoms with E-state index in [-0.39, 0.29) is 24.7 Å². The highest BCUT2D eigenvalue weighted by Gasteiger charge is 2.47. The van der Waals surface area contributed by atoms with Crippen LogP contribution in [0.4, 0.5) is 8.78 Å². The third-order valence-corrected chi connectivity index (χ3v) is 5.29. The monoisotopic (exact) mass is 440 g/mol. The van der Waals surface area contributed by atoms with E-state index in [2.05, 4.69) is 5.10 Å². The fraction of sp³-hybridized carbons (Fsp3) is 0.261. The van der Waals surface area contributed by atoms with Crippen LogP contribution in [-0.2, 0) is 28.6 Å². The Bertz CT molecular complexity index is 1150. The summed E-state index contributed by atoms with van der Waals surface area (Å²) in [4.78, 5) is 27.1. The summed E-state index contributed by atoms with van der Waals surface area (Å²) in [6, 6.07) is 14.7. The molecule has 7 nitrogen and oxygen atoms in total. The van der Waals surface area contributed by atoms with E-state index in [9.17, 15) is 9.59 Å². The molecule has 0 N–H and O–H groups in total. The van der Waals surface area contributed by atoms with Crippen LogP contribution in [0.1, 0.15) is 16.8 Å². The number of aromatic nitrogens is 2. The molecule has 3 aromatic rings. The number of halogens is 2. The fourth-order valence-corrected chi connectivity index (χ4v) is 3.52. The number of carbonyl (C=O) groups excluding carboxylic acids is 2. The number of para-hydroxylation sites is 2. The molecule has 2 amide bonds. The Labute approximate surface area is 183 Å². The molecular weight excluding hydrogens is 418 g/mol. The summed E-state index contributed by atoms with van der Waals surface area (Å²) < 4.78 is 37.6. The number of rotatable bonds is 6. The van der Waals surface area contributed by atoms with E-state index >= 15 is 8.78 Å². The summed E-state index contributed by atoms with van der Waals surface area (Å²) in [5.41, 5.74) is 1.64. The van der Waals surface area contributed by atoms with Gasteiger partial charge in [-0.25, -0.2) is 4.68 Å². The summed E-state index contributed by atoms with van der Waals surface area (Å²) in [7, 11) is 3.08. The van der Waals surface area contributed by atoms with Crippen LogP contribution < -0.4 is 4.74 Å². The fourth-order valence-electron chi connectivity index (χ4n) is 3.52. The van der Waals surface area contributed by atoms with Crippen molar-refractivity contribution < 1.29 is 23.1 Å². The molecule has 0 bridgehead atoms. The van der Waals surface area contributed by atoms with Crippen LogP contribution in [0.3, 0.4) is 0 Å². The van der Waals surface area contributed by atoms with Gasteiger partial charge in [-0.2, -0.15) is 13.9 Å². The molecule has 0 fully saturated rings. The molecule has 4 rings (SSSR count). The van der Waals surface area contributed by atoms with Gasteiger partial charge in [0.05, 0.1) is 29.7 Å². The van der Waals surface area contributed by atoms with Crippen molar-refractivity contribution in [3.63, 3.8) is 0 Å². The number of nitrogens with zero attached hydrogens (tertiary/aromatic N) is 4. The first-order valence-corrected chi connectivity index (χ1v) is 10.00. The summed E-state index contributed by atoms with van der Waals surface area (Å²) in [6.45, 7) is -0.351. The first-order chi connectivity index (χ1) is 15.3. The minimum absolute atomic E-state index is 0.0147. The Morgan fingerprint density at radius 3 is 2.47 bits per heavy atom. The Morgan fingerprint density at radius 1 is 1.06 bits per heavy atom. The lowest BCUT2D eigenvalue weighted by Gasteiger charge is -2.25. The van der Waals surface area contributed by atoms with Crippen LogP contribution in [0.15, 0.2) is 60.8 Å². The van der Waals surface area contributed by atoms with Crippen molar-refractivity contribution in [2.75, 3.05) is 20.7 Å². The lowest BCUT2D eigenvalue weighted by Crippen LogP contribution is -2.39. The highest BCUT2D eigenvalue weighted by molar-refractivity contribution is 5.86. The Morgan fingerprint density at radius 2 is 1.75 bits per heavy atom. The first kappa shape index (κ1) is 21.5. The topological polar surface area (TPSA) is 67.7 Å². The Kier molecular flexibility index (Phi) is 5.65. The van der Waals surface area contributed by atoms with Gasteiger partial charge in [0.2, 0.25) is 0 Å². The van der Waals surface area contributed by atoms with Gasteiger partial charge in [0.15, 0.2) is 6.61 Å². The van der Waals surface area contributed by atoms with Crippen molar-refractivity contribution in [3.8, 4) is 11.4 Å². The number of alkyl halides is 2. The van der Waals surface area contributed by atoms with E-state index in [1.165, 1.54) is 37.2 Å². The third-order valence-electron chi connectivity index (χ3n) is 5.29. The molecule has 32 heavy (non-hydrogen) atoms. The molecule has 0 unspecified atom stereocenters. The van der Waals surface area contributed by atoms with Crippen molar-refractivity contribution in [1.29, 1.82) is 0 Å². The molecule has 1 aliphatic heterocycles. The van der Waals surface area contributed by atoms with Crippen molar-refractivity contribution in [3.05, 3.63) is 77.6 Å². The summed E-state index contributed by atoms with van der Waals surface area (Å²) >= 11 is 0. The molecule has 1 aromatic heterocycles. The van der Waals surface area contributed by atoms with Crippen molar-refractivity contribution in [2.45, 2.75) is 19.0 Å². The minimum atomic E-state index is -3.83. The minimum Gasteiger partial charge on any atom is -0.483 e. The molecule has 0 saturated carbocycles. The van der Waals surface area contributed by atoms with E-state index < -0.39 is 24.0 Å². The molecule has 0 radical (unpaired) electrons. The van der Waals surface area contributed by atoms with Gasteiger partial charge in [-0.1, -0.05) is 30.3 Å². The predicted molar refractivity (Wildman–Crippen MR) is 112 cm³/mol. The van der Waals surface area contributed by atoms with Gasteiger partial charge in [-0.15, -0.1) is 0 Å². The molecule has 0 aliphatic carbocycles. The van der Waals surface area contributed by atoms with Crippen LogP contribution >= 0.6 is 0 Å². The zero-order chi connectivity index (χ0) is 22.9. The number of hydrogen-bond donors (Lipinski definition) is 0. The number of likely N-dealkylation sites (N-methyl/N-ethyl adjacent to an activating group) is 1. The van der Waals surface area contributed by atoms with E-state index in [4.69, 9.17) is 4.74 Å². The van der Waals surface area contributed by atoms with Gasteiger partial charge in [0.1, 0.15) is 5.75 Å². The summed E-state index contributed by atoms with van der Waals surface area (Å²) in [6.07, 6.45) is 1.59. The highest BCUT2D eigenvalue weighted by Crippen LogP contribution is 2.38. The van der Waals surface area contributed by atoms with Gasteiger partial charge < -0.3 is 14.5 Å². The normalized spacial score (nSPS) is 13.1. The smallest absolute Gasteiger partial charge is 0.353 e. The molecular formula is C23H22F2N4O3. The van der Waals surface area contributed by atoms with Gasteiger partial charge >= 0.3 is 5.92 Å². The maximum atomic E-state index is 15.3. The van der Waals surface area contributed by atoms with Crippen LogP contribution in [0.2, 0.25) is 0 Å². The SMILES string of the molecule is CN(C)C(=O)COc1ccccc1C(F)(F)C(=O)N1Cc2cnn(-c3ccccc3)c2C1. The number of fused-ring (bicyclic) bond motifs is 1. The number of benzene rings is 2. The average Bonchev–Trinajstić information content (AvgIpc) is 3.38.